The van der Waals surface area contributed by atoms with E-state index >= 15 is 0 Å². The molecule has 2 aromatic carbocycles. The summed E-state index contributed by atoms with van der Waals surface area (Å²) >= 11 is 4.87. The zero-order chi connectivity index (χ0) is 18.5. The molecule has 1 aromatic heterocycles. The molecule has 0 aliphatic rings. The number of carbonyl (C=O) groups excluding carboxylic acids is 1. The number of thiazole rings is 1. The normalized spacial score (nSPS) is 10.6. The Kier molecular flexibility index (Phi) is 6.06. The number of carbonyl (C=O) groups is 1. The average molecular weight is 431 g/mol. The highest BCUT2D eigenvalue weighted by Gasteiger charge is 2.10. The molecule has 3 rings (SSSR count). The lowest BCUT2D eigenvalue weighted by atomic mass is 10.1. The highest BCUT2D eigenvalue weighted by atomic mass is 79.9. The number of nitrogens with one attached hydrogen (secondary N) is 1. The van der Waals surface area contributed by atoms with E-state index < -0.39 is 0 Å². The van der Waals surface area contributed by atoms with E-state index in [9.17, 15) is 4.79 Å². The van der Waals surface area contributed by atoms with Crippen LogP contribution in [0, 0.1) is 6.92 Å². The third-order valence-corrected chi connectivity index (χ3v) is 5.24. The van der Waals surface area contributed by atoms with Gasteiger partial charge >= 0.3 is 0 Å². The second-order valence-electron chi connectivity index (χ2n) is 5.86. The van der Waals surface area contributed by atoms with E-state index in [4.69, 9.17) is 4.74 Å². The van der Waals surface area contributed by atoms with Crippen molar-refractivity contribution in [3.63, 3.8) is 0 Å². The van der Waals surface area contributed by atoms with Crippen LogP contribution in [0.2, 0.25) is 0 Å². The van der Waals surface area contributed by atoms with Crippen molar-refractivity contribution >= 4 is 38.3 Å². The Morgan fingerprint density at radius 2 is 2.00 bits per heavy atom. The van der Waals surface area contributed by atoms with E-state index in [1.54, 1.807) is 0 Å². The molecule has 1 amide bonds. The minimum absolute atomic E-state index is 0.0660. The van der Waals surface area contributed by atoms with Gasteiger partial charge in [-0.3, -0.25) is 10.1 Å². The lowest BCUT2D eigenvalue weighted by Crippen LogP contribution is -2.20. The first kappa shape index (κ1) is 18.6. The first-order valence-electron chi connectivity index (χ1n) is 8.29. The Hall–Kier alpha value is -2.18. The molecule has 0 aliphatic heterocycles. The molecule has 0 bridgehead atoms. The molecular weight excluding hydrogens is 412 g/mol. The highest BCUT2D eigenvalue weighted by Crippen LogP contribution is 2.27. The molecule has 0 fully saturated rings. The summed E-state index contributed by atoms with van der Waals surface area (Å²) in [5.74, 6) is 0.415. The second kappa shape index (κ2) is 8.47. The maximum Gasteiger partial charge on any atom is 0.264 e. The Balaban J connectivity index is 1.58. The summed E-state index contributed by atoms with van der Waals surface area (Å²) < 4.78 is 6.44. The molecule has 134 valence electrons. The predicted octanol–water partition coefficient (Wildman–Crippen LogP) is 5.46. The van der Waals surface area contributed by atoms with Crippen molar-refractivity contribution in [3.8, 4) is 17.0 Å². The predicted molar refractivity (Wildman–Crippen MR) is 110 cm³/mol. The highest BCUT2D eigenvalue weighted by molar-refractivity contribution is 9.10. The topological polar surface area (TPSA) is 51.2 Å². The van der Waals surface area contributed by atoms with Crippen molar-refractivity contribution in [2.75, 3.05) is 11.9 Å². The molecule has 6 heteroatoms. The Morgan fingerprint density at radius 1 is 1.23 bits per heavy atom. The van der Waals surface area contributed by atoms with Crippen LogP contribution in [-0.2, 0) is 11.2 Å². The molecule has 0 saturated carbocycles. The van der Waals surface area contributed by atoms with E-state index in [1.165, 1.54) is 22.5 Å². The van der Waals surface area contributed by atoms with Gasteiger partial charge in [-0.25, -0.2) is 4.98 Å². The first-order chi connectivity index (χ1) is 12.5. The zero-order valence-corrected chi connectivity index (χ0v) is 17.0. The number of amides is 1. The Bertz CT molecular complexity index is 906. The van der Waals surface area contributed by atoms with Crippen LogP contribution in [0.5, 0.6) is 5.75 Å². The summed E-state index contributed by atoms with van der Waals surface area (Å²) in [6.45, 7) is 4.07. The molecule has 0 unspecified atom stereocenters. The van der Waals surface area contributed by atoms with E-state index in [0.717, 1.165) is 22.2 Å². The van der Waals surface area contributed by atoms with Gasteiger partial charge in [0.1, 0.15) is 5.75 Å². The minimum atomic E-state index is -0.235. The fourth-order valence-electron chi connectivity index (χ4n) is 2.37. The van der Waals surface area contributed by atoms with Crippen LogP contribution < -0.4 is 10.1 Å². The maximum atomic E-state index is 12.1. The fourth-order valence-corrected chi connectivity index (χ4v) is 3.64. The van der Waals surface area contributed by atoms with Crippen LogP contribution in [0.25, 0.3) is 11.3 Å². The number of ether oxygens (including phenoxy) is 1. The summed E-state index contributed by atoms with van der Waals surface area (Å²) in [6, 6.07) is 14.0. The van der Waals surface area contributed by atoms with Crippen molar-refractivity contribution in [1.82, 2.24) is 4.98 Å². The number of benzene rings is 2. The maximum absolute atomic E-state index is 12.1. The van der Waals surface area contributed by atoms with Gasteiger partial charge in [-0.05, 0) is 47.0 Å². The molecule has 3 aromatic rings. The number of nitrogens with zero attached hydrogens (tertiary/aromatic N) is 1. The number of halogens is 1. The summed E-state index contributed by atoms with van der Waals surface area (Å²) in [7, 11) is 0. The van der Waals surface area contributed by atoms with Gasteiger partial charge in [-0.1, -0.05) is 42.8 Å². The van der Waals surface area contributed by atoms with E-state index in [1.807, 2.05) is 54.8 Å². The van der Waals surface area contributed by atoms with Gasteiger partial charge in [0.15, 0.2) is 11.7 Å². The van der Waals surface area contributed by atoms with Gasteiger partial charge in [-0.15, -0.1) is 11.3 Å². The van der Waals surface area contributed by atoms with Gasteiger partial charge in [0, 0.05) is 10.9 Å². The summed E-state index contributed by atoms with van der Waals surface area (Å²) in [6.07, 6.45) is 0.951. The van der Waals surface area contributed by atoms with Gasteiger partial charge in [0.25, 0.3) is 5.91 Å². The molecule has 26 heavy (non-hydrogen) atoms. The van der Waals surface area contributed by atoms with E-state index in [-0.39, 0.29) is 12.5 Å². The Morgan fingerprint density at radius 3 is 2.69 bits per heavy atom. The summed E-state index contributed by atoms with van der Waals surface area (Å²) in [5, 5.41) is 5.28. The lowest BCUT2D eigenvalue weighted by molar-refractivity contribution is -0.118. The van der Waals surface area contributed by atoms with Gasteiger partial charge in [0.05, 0.1) is 10.2 Å². The van der Waals surface area contributed by atoms with Crippen molar-refractivity contribution in [1.29, 1.82) is 0 Å². The van der Waals surface area contributed by atoms with Crippen LogP contribution in [0.4, 0.5) is 5.13 Å². The quantitative estimate of drug-likeness (QED) is 0.564. The minimum Gasteiger partial charge on any atom is -0.483 e. The molecule has 1 heterocycles. The SMILES string of the molecule is CCc1ccc(OCC(=O)Nc2nc(-c3ccc(C)cc3)cs2)c(Br)c1. The standard InChI is InChI=1S/C20H19BrN2O2S/c1-3-14-6-9-18(16(21)10-14)25-11-19(24)23-20-22-17(12-26-20)15-7-4-13(2)5-8-15/h4-10,12H,3,11H2,1-2H3,(H,22,23,24). The molecule has 1 N–H and O–H groups in total. The third kappa shape index (κ3) is 4.71. The van der Waals surface area contributed by atoms with Crippen LogP contribution >= 0.6 is 27.3 Å². The van der Waals surface area contributed by atoms with Crippen molar-refractivity contribution in [3.05, 3.63) is 63.4 Å². The van der Waals surface area contributed by atoms with Crippen LogP contribution in [0.1, 0.15) is 18.1 Å². The molecule has 0 atom stereocenters. The van der Waals surface area contributed by atoms with Crippen molar-refractivity contribution < 1.29 is 9.53 Å². The number of hydrogen-bond donors (Lipinski definition) is 1. The average Bonchev–Trinajstić information content (AvgIpc) is 3.09. The summed E-state index contributed by atoms with van der Waals surface area (Å²) in [4.78, 5) is 16.6. The Labute approximate surface area is 165 Å². The van der Waals surface area contributed by atoms with Crippen molar-refractivity contribution in [2.45, 2.75) is 20.3 Å². The molecule has 0 radical (unpaired) electrons. The molecule has 0 spiro atoms. The van der Waals surface area contributed by atoms with Crippen LogP contribution in [0.3, 0.4) is 0 Å². The molecule has 4 nitrogen and oxygen atoms in total. The zero-order valence-electron chi connectivity index (χ0n) is 14.6. The number of aromatic nitrogens is 1. The number of aryl methyl sites for hydroxylation is 2. The third-order valence-electron chi connectivity index (χ3n) is 3.86. The van der Waals surface area contributed by atoms with Gasteiger partial charge in [0.2, 0.25) is 0 Å². The second-order valence-corrected chi connectivity index (χ2v) is 7.57. The summed E-state index contributed by atoms with van der Waals surface area (Å²) in [5.41, 5.74) is 4.29. The molecule has 0 aliphatic carbocycles. The van der Waals surface area contributed by atoms with Crippen molar-refractivity contribution in [2.24, 2.45) is 0 Å². The smallest absolute Gasteiger partial charge is 0.264 e. The first-order valence-corrected chi connectivity index (χ1v) is 9.96. The number of hydrogen-bond acceptors (Lipinski definition) is 4. The lowest BCUT2D eigenvalue weighted by Gasteiger charge is -2.09. The fraction of sp³-hybridized carbons (Fsp3) is 0.200. The van der Waals surface area contributed by atoms with Gasteiger partial charge < -0.3 is 4.74 Å². The van der Waals surface area contributed by atoms with Gasteiger partial charge in [-0.2, -0.15) is 0 Å². The van der Waals surface area contributed by atoms with E-state index in [0.29, 0.717) is 10.9 Å². The van der Waals surface area contributed by atoms with Crippen LogP contribution in [-0.4, -0.2) is 17.5 Å². The molecule has 0 saturated heterocycles. The largest absolute Gasteiger partial charge is 0.483 e. The monoisotopic (exact) mass is 430 g/mol. The number of anilines is 1. The van der Waals surface area contributed by atoms with Crippen LogP contribution in [0.15, 0.2) is 52.3 Å². The number of rotatable bonds is 6. The van der Waals surface area contributed by atoms with E-state index in [2.05, 4.69) is 33.2 Å². The molecular formula is C20H19BrN2O2S.